The molecular formula is C43H9F19N4O3. The van der Waals surface area contributed by atoms with Crippen LogP contribution >= 0.6 is 0 Å². The number of aromatic nitrogens is 4. The number of H-pyrrole nitrogens is 2. The van der Waals surface area contributed by atoms with E-state index in [0.29, 0.717) is 36.4 Å². The third kappa shape index (κ3) is 6.51. The van der Waals surface area contributed by atoms with Gasteiger partial charge in [-0.2, -0.15) is 4.39 Å². The summed E-state index contributed by atoms with van der Waals surface area (Å²) in [6.07, 6.45) is 1.98. The number of aromatic hydroxyl groups is 1. The molecule has 352 valence electrons. The van der Waals surface area contributed by atoms with E-state index in [1.807, 2.05) is 4.98 Å². The molecule has 0 saturated heterocycles. The van der Waals surface area contributed by atoms with Crippen molar-refractivity contribution in [1.29, 1.82) is 0 Å². The lowest BCUT2D eigenvalue weighted by Gasteiger charge is -2.11. The molecule has 8 bridgehead atoms. The summed E-state index contributed by atoms with van der Waals surface area (Å²) in [6.45, 7) is 0. The van der Waals surface area contributed by atoms with Crippen molar-refractivity contribution >= 4 is 46.6 Å². The van der Waals surface area contributed by atoms with Crippen molar-refractivity contribution in [2.75, 3.05) is 0 Å². The first kappa shape index (κ1) is 45.8. The fraction of sp³-hybridized carbons (Fsp3) is 0. The number of aromatic amines is 2. The number of rotatable bonds is 4. The molecule has 4 aromatic carbocycles. The molecule has 0 spiro atoms. The molecule has 69 heavy (non-hydrogen) atoms. The van der Waals surface area contributed by atoms with Gasteiger partial charge in [-0.3, -0.25) is 0 Å². The van der Waals surface area contributed by atoms with Gasteiger partial charge in [0, 0.05) is 27.7 Å². The van der Waals surface area contributed by atoms with E-state index in [1.54, 1.807) is 0 Å². The normalized spacial score (nSPS) is 12.3. The molecule has 2 aliphatic rings. The zero-order valence-corrected chi connectivity index (χ0v) is 32.3. The van der Waals surface area contributed by atoms with Crippen LogP contribution in [0.15, 0.2) is 21.3 Å². The number of hydrogen-bond donors (Lipinski definition) is 3. The molecule has 0 aliphatic carbocycles. The van der Waals surface area contributed by atoms with Gasteiger partial charge >= 0.3 is 5.63 Å². The summed E-state index contributed by atoms with van der Waals surface area (Å²) in [5.41, 5.74) is -25.5. The number of fused-ring (bicyclic) bond motifs is 8. The Balaban J connectivity index is 1.62. The predicted octanol–water partition coefficient (Wildman–Crippen LogP) is 12.6. The molecule has 0 atom stereocenters. The average molecular weight is 991 g/mol. The van der Waals surface area contributed by atoms with E-state index in [-0.39, 0.29) is 0 Å². The first-order chi connectivity index (χ1) is 32.5. The molecule has 5 heterocycles. The van der Waals surface area contributed by atoms with Crippen molar-refractivity contribution in [3.8, 4) is 50.3 Å². The van der Waals surface area contributed by atoms with Crippen LogP contribution in [0, 0.1) is 111 Å². The van der Waals surface area contributed by atoms with Crippen LogP contribution in [0.4, 0.5) is 83.4 Å². The molecule has 0 fully saturated rings. The SMILES string of the molecule is O=c1oc2[nH]c1c(-c1c(O)c(F)c(F)c(F)c1F)c1nc(c(-c3c(F)c(F)c(F)c(F)c3F)c3ccc([nH]3)c(-c3c(F)c(F)c(F)c(F)c3F)c3nc(c2-c2c(F)c(F)c(F)c(F)c2F)C=C3)C=C1. The Labute approximate surface area is 365 Å². The van der Waals surface area contributed by atoms with Gasteiger partial charge in [-0.15, -0.1) is 0 Å². The second kappa shape index (κ2) is 15.9. The maximum atomic E-state index is 15.9. The Morgan fingerprint density at radius 2 is 0.638 bits per heavy atom. The minimum absolute atomic E-state index is 0.467. The number of oxazole rings is 1. The molecule has 9 rings (SSSR count). The van der Waals surface area contributed by atoms with Crippen molar-refractivity contribution in [2.45, 2.75) is 0 Å². The van der Waals surface area contributed by atoms with Crippen molar-refractivity contribution < 1.29 is 92.9 Å². The van der Waals surface area contributed by atoms with Crippen molar-refractivity contribution in [1.82, 2.24) is 19.9 Å². The van der Waals surface area contributed by atoms with Crippen LogP contribution < -0.4 is 5.63 Å². The summed E-state index contributed by atoms with van der Waals surface area (Å²) in [5, 5.41) is 10.7. The van der Waals surface area contributed by atoms with E-state index in [4.69, 9.17) is 4.42 Å². The molecule has 7 aromatic rings. The summed E-state index contributed by atoms with van der Waals surface area (Å²) in [7, 11) is 0. The minimum Gasteiger partial charge on any atom is -0.504 e. The summed E-state index contributed by atoms with van der Waals surface area (Å²) < 4.78 is 293. The van der Waals surface area contributed by atoms with Crippen LogP contribution in [0.25, 0.3) is 91.1 Å². The Morgan fingerprint density at radius 3 is 1.01 bits per heavy atom. The van der Waals surface area contributed by atoms with E-state index in [9.17, 15) is 58.2 Å². The smallest absolute Gasteiger partial charge is 0.362 e. The minimum atomic E-state index is -2.79. The Morgan fingerprint density at radius 1 is 0.348 bits per heavy atom. The summed E-state index contributed by atoms with van der Waals surface area (Å²) in [4.78, 5) is 25.6. The zero-order valence-electron chi connectivity index (χ0n) is 32.3. The van der Waals surface area contributed by atoms with Gasteiger partial charge in [-0.1, -0.05) is 0 Å². The van der Waals surface area contributed by atoms with Crippen LogP contribution in [0.5, 0.6) is 5.75 Å². The second-order valence-corrected chi connectivity index (χ2v) is 14.2. The number of nitrogens with one attached hydrogen (secondary N) is 2. The average Bonchev–Trinajstić information content (AvgIpc) is 4.18. The highest BCUT2D eigenvalue weighted by atomic mass is 19.2. The molecule has 0 amide bonds. The number of phenolic OH excluding ortho intramolecular Hbond substituents is 1. The highest BCUT2D eigenvalue weighted by Crippen LogP contribution is 2.45. The predicted molar refractivity (Wildman–Crippen MR) is 200 cm³/mol. The molecule has 2 aliphatic heterocycles. The second-order valence-electron chi connectivity index (χ2n) is 14.2. The Kier molecular flexibility index (Phi) is 10.6. The third-order valence-electron chi connectivity index (χ3n) is 10.5. The van der Waals surface area contributed by atoms with Crippen LogP contribution in [-0.2, 0) is 0 Å². The molecule has 3 aromatic heterocycles. The molecule has 7 nitrogen and oxygen atoms in total. The van der Waals surface area contributed by atoms with E-state index in [2.05, 4.69) is 15.0 Å². The van der Waals surface area contributed by atoms with Gasteiger partial charge in [-0.25, -0.2) is 93.8 Å². The van der Waals surface area contributed by atoms with Crippen LogP contribution in [0.1, 0.15) is 22.8 Å². The summed E-state index contributed by atoms with van der Waals surface area (Å²) >= 11 is 0. The first-order valence-electron chi connectivity index (χ1n) is 18.3. The third-order valence-corrected chi connectivity index (χ3v) is 10.5. The van der Waals surface area contributed by atoms with Crippen molar-refractivity contribution in [2.24, 2.45) is 0 Å². The topological polar surface area (TPSA) is 108 Å². The molecular weight excluding hydrogens is 981 g/mol. The first-order valence-corrected chi connectivity index (χ1v) is 18.3. The van der Waals surface area contributed by atoms with Gasteiger partial charge < -0.3 is 19.5 Å². The standard InChI is InChI=1S/C43H9F19N4O3/c44-21-17(22(45)29(52)35(58)28(21)51)13-7-1-2-8(63-7)14(18-23(46)30(53)36(59)31(54)24(18)47)10-4-6-12(65-10)16(19-25(48)32(55)37(60)33(56)26(19)49)42-66-40(43(68)69-42)15(11-5-3-9(13)64-11)20-27(50)34(57)38(61)39(62)41(20)67/h1-6,63,66-67H. The van der Waals surface area contributed by atoms with Gasteiger partial charge in [-0.05, 0) is 36.4 Å². The fourth-order valence-corrected chi connectivity index (χ4v) is 7.44. The van der Waals surface area contributed by atoms with Crippen molar-refractivity contribution in [3.63, 3.8) is 0 Å². The van der Waals surface area contributed by atoms with E-state index < -0.39 is 211 Å². The molecule has 26 heteroatoms. The van der Waals surface area contributed by atoms with E-state index in [0.717, 1.165) is 0 Å². The highest BCUT2D eigenvalue weighted by molar-refractivity contribution is 5.99. The molecule has 0 unspecified atom stereocenters. The van der Waals surface area contributed by atoms with E-state index in [1.165, 1.54) is 0 Å². The zero-order chi connectivity index (χ0) is 50.1. The number of phenols is 1. The largest absolute Gasteiger partial charge is 0.504 e. The number of hydrogen-bond acceptors (Lipinski definition) is 5. The quantitative estimate of drug-likeness (QED) is 0.0925. The monoisotopic (exact) mass is 990 g/mol. The molecule has 0 saturated carbocycles. The molecule has 3 N–H and O–H groups in total. The number of halogens is 19. The van der Waals surface area contributed by atoms with Crippen LogP contribution in [0.3, 0.4) is 0 Å². The lowest BCUT2D eigenvalue weighted by atomic mass is 10.0. The van der Waals surface area contributed by atoms with Gasteiger partial charge in [0.05, 0.1) is 50.6 Å². The lowest BCUT2D eigenvalue weighted by Crippen LogP contribution is -2.06. The van der Waals surface area contributed by atoms with E-state index >= 15 is 35.1 Å². The maximum Gasteiger partial charge on any atom is 0.362 e. The highest BCUT2D eigenvalue weighted by Gasteiger charge is 2.36. The summed E-state index contributed by atoms with van der Waals surface area (Å²) in [6, 6.07) is 1.18. The lowest BCUT2D eigenvalue weighted by molar-refractivity contribution is 0.368. The van der Waals surface area contributed by atoms with Crippen LogP contribution in [0.2, 0.25) is 0 Å². The van der Waals surface area contributed by atoms with Gasteiger partial charge in [0.1, 0.15) is 5.52 Å². The Bertz CT molecular complexity index is 3720. The van der Waals surface area contributed by atoms with Gasteiger partial charge in [0.25, 0.3) is 0 Å². The van der Waals surface area contributed by atoms with Gasteiger partial charge in [0.15, 0.2) is 87.2 Å². The maximum absolute atomic E-state index is 15.9. The summed E-state index contributed by atoms with van der Waals surface area (Å²) in [5.74, 6) is -53.3. The molecule has 0 radical (unpaired) electrons. The Hall–Kier alpha value is -8.32. The van der Waals surface area contributed by atoms with Crippen LogP contribution in [-0.4, -0.2) is 25.0 Å². The van der Waals surface area contributed by atoms with Crippen molar-refractivity contribution in [3.05, 3.63) is 156 Å². The fourth-order valence-electron chi connectivity index (χ4n) is 7.44. The van der Waals surface area contributed by atoms with Gasteiger partial charge in [0.2, 0.25) is 34.8 Å². The number of nitrogens with zero attached hydrogens (tertiary/aromatic N) is 2. The number of benzene rings is 4.